The van der Waals surface area contributed by atoms with Crippen LogP contribution in [0.25, 0.3) is 5.57 Å². The van der Waals surface area contributed by atoms with Gasteiger partial charge >= 0.3 is 0 Å². The molecule has 0 heterocycles. The van der Waals surface area contributed by atoms with Gasteiger partial charge in [0.15, 0.2) is 0 Å². The van der Waals surface area contributed by atoms with E-state index in [4.69, 9.17) is 11.6 Å². The summed E-state index contributed by atoms with van der Waals surface area (Å²) in [6, 6.07) is 7.90. The topological polar surface area (TPSA) is 17.1 Å². The molecule has 0 aliphatic heterocycles. The molecule has 0 unspecified atom stereocenters. The molecule has 1 nitrogen and oxygen atoms in total. The highest BCUT2D eigenvalue weighted by Crippen LogP contribution is 2.27. The average Bonchev–Trinajstić information content (AvgIpc) is 2.17. The first-order valence-electron chi connectivity index (χ1n) is 4.27. The van der Waals surface area contributed by atoms with E-state index < -0.39 is 0 Å². The van der Waals surface area contributed by atoms with Crippen LogP contribution in [0.15, 0.2) is 30.3 Å². The molecule has 1 aromatic carbocycles. The fourth-order valence-corrected chi connectivity index (χ4v) is 1.85. The van der Waals surface area contributed by atoms with Gasteiger partial charge < -0.3 is 0 Å². The molecule has 0 bridgehead atoms. The van der Waals surface area contributed by atoms with E-state index in [1.54, 1.807) is 0 Å². The van der Waals surface area contributed by atoms with Crippen LogP contribution >= 0.6 is 11.6 Å². The number of rotatable bonds is 1. The molecule has 0 N–H and O–H groups in total. The van der Waals surface area contributed by atoms with Crippen molar-refractivity contribution in [3.63, 3.8) is 0 Å². The highest BCUT2D eigenvalue weighted by molar-refractivity contribution is 6.74. The second kappa shape index (κ2) is 3.35. The molecular formula is C11H9ClO. The second-order valence-corrected chi connectivity index (χ2v) is 3.43. The predicted molar refractivity (Wildman–Crippen MR) is 53.6 cm³/mol. The van der Waals surface area contributed by atoms with Crippen molar-refractivity contribution in [3.8, 4) is 0 Å². The predicted octanol–water partition coefficient (Wildman–Crippen LogP) is 2.78. The molecule has 66 valence electrons. The first-order valence-corrected chi connectivity index (χ1v) is 4.65. The molecule has 0 aromatic heterocycles. The molecule has 0 radical (unpaired) electrons. The van der Waals surface area contributed by atoms with Gasteiger partial charge in [-0.05, 0) is 35.6 Å². The Morgan fingerprint density at radius 1 is 1.31 bits per heavy atom. The quantitative estimate of drug-likeness (QED) is 0.626. The van der Waals surface area contributed by atoms with Gasteiger partial charge in [-0.15, -0.1) is 0 Å². The van der Waals surface area contributed by atoms with E-state index in [0.29, 0.717) is 5.57 Å². The summed E-state index contributed by atoms with van der Waals surface area (Å²) in [7, 11) is 0. The van der Waals surface area contributed by atoms with Crippen molar-refractivity contribution < 1.29 is 4.79 Å². The third-order valence-corrected chi connectivity index (χ3v) is 2.49. The summed E-state index contributed by atoms with van der Waals surface area (Å²) in [6.07, 6.45) is 3.83. The Balaban J connectivity index is 2.53. The number of fused-ring (bicyclic) bond motifs is 1. The fraction of sp³-hybridized carbons (Fsp3) is 0.182. The van der Waals surface area contributed by atoms with Crippen LogP contribution in [0.3, 0.4) is 0 Å². The van der Waals surface area contributed by atoms with E-state index in [0.717, 1.165) is 18.4 Å². The Morgan fingerprint density at radius 2 is 2.08 bits per heavy atom. The zero-order valence-corrected chi connectivity index (χ0v) is 7.84. The lowest BCUT2D eigenvalue weighted by atomic mass is 9.91. The Labute approximate surface area is 82.0 Å². The van der Waals surface area contributed by atoms with Crippen molar-refractivity contribution in [2.45, 2.75) is 12.8 Å². The van der Waals surface area contributed by atoms with Crippen molar-refractivity contribution in [1.29, 1.82) is 0 Å². The van der Waals surface area contributed by atoms with Crippen LogP contribution in [0.1, 0.15) is 17.5 Å². The first kappa shape index (κ1) is 8.52. The van der Waals surface area contributed by atoms with Crippen LogP contribution in [-0.4, -0.2) is 5.24 Å². The summed E-state index contributed by atoms with van der Waals surface area (Å²) in [6.45, 7) is 0. The Morgan fingerprint density at radius 3 is 2.85 bits per heavy atom. The van der Waals surface area contributed by atoms with Crippen LogP contribution in [0.4, 0.5) is 0 Å². The number of aryl methyl sites for hydroxylation is 1. The minimum atomic E-state index is -0.354. The van der Waals surface area contributed by atoms with Crippen LogP contribution in [0.5, 0.6) is 0 Å². The minimum absolute atomic E-state index is 0.354. The normalized spacial score (nSPS) is 14.7. The molecular weight excluding hydrogens is 184 g/mol. The number of hydrogen-bond donors (Lipinski definition) is 0. The summed E-state index contributed by atoms with van der Waals surface area (Å²) in [5.74, 6) is 0. The maximum atomic E-state index is 11.1. The van der Waals surface area contributed by atoms with Gasteiger partial charge in [-0.2, -0.15) is 0 Å². The number of allylic oxidation sites excluding steroid dienone is 2. The number of carbonyl (C=O) groups is 1. The van der Waals surface area contributed by atoms with Gasteiger partial charge in [-0.25, -0.2) is 0 Å². The largest absolute Gasteiger partial charge is 0.276 e. The van der Waals surface area contributed by atoms with Gasteiger partial charge in [-0.3, -0.25) is 4.79 Å². The van der Waals surface area contributed by atoms with Crippen molar-refractivity contribution in [1.82, 2.24) is 0 Å². The molecule has 2 rings (SSSR count). The second-order valence-electron chi connectivity index (χ2n) is 3.09. The zero-order chi connectivity index (χ0) is 9.26. The zero-order valence-electron chi connectivity index (χ0n) is 7.09. The lowest BCUT2D eigenvalue weighted by molar-refractivity contribution is -0.106. The lowest BCUT2D eigenvalue weighted by Crippen LogP contribution is -2.03. The molecule has 0 amide bonds. The Kier molecular flexibility index (Phi) is 2.19. The Hall–Kier alpha value is -1.08. The van der Waals surface area contributed by atoms with Crippen LogP contribution in [0.2, 0.25) is 0 Å². The van der Waals surface area contributed by atoms with Crippen LogP contribution in [-0.2, 0) is 11.2 Å². The first-order chi connectivity index (χ1) is 6.29. The molecule has 0 atom stereocenters. The fourth-order valence-electron chi connectivity index (χ4n) is 1.67. The van der Waals surface area contributed by atoms with Gasteiger partial charge in [0.05, 0.1) is 0 Å². The summed E-state index contributed by atoms with van der Waals surface area (Å²) >= 11 is 5.48. The molecule has 2 heteroatoms. The maximum absolute atomic E-state index is 11.1. The highest BCUT2D eigenvalue weighted by Gasteiger charge is 2.15. The lowest BCUT2D eigenvalue weighted by Gasteiger charge is -2.14. The highest BCUT2D eigenvalue weighted by atomic mass is 35.5. The summed E-state index contributed by atoms with van der Waals surface area (Å²) in [4.78, 5) is 11.1. The molecule has 1 aliphatic carbocycles. The van der Waals surface area contributed by atoms with Gasteiger partial charge in [0.2, 0.25) is 0 Å². The third kappa shape index (κ3) is 1.52. The number of hydrogen-bond acceptors (Lipinski definition) is 1. The molecule has 1 aliphatic rings. The van der Waals surface area contributed by atoms with E-state index in [1.165, 1.54) is 5.56 Å². The van der Waals surface area contributed by atoms with Crippen molar-refractivity contribution in [3.05, 3.63) is 41.5 Å². The molecule has 13 heavy (non-hydrogen) atoms. The maximum Gasteiger partial charge on any atom is 0.252 e. The van der Waals surface area contributed by atoms with Crippen molar-refractivity contribution in [2.75, 3.05) is 0 Å². The number of halogens is 1. The van der Waals surface area contributed by atoms with Crippen molar-refractivity contribution in [2.24, 2.45) is 0 Å². The Bertz CT molecular complexity index is 379. The monoisotopic (exact) mass is 192 g/mol. The third-order valence-electron chi connectivity index (χ3n) is 2.28. The van der Waals surface area contributed by atoms with E-state index in [2.05, 4.69) is 0 Å². The van der Waals surface area contributed by atoms with Gasteiger partial charge in [0.25, 0.3) is 5.24 Å². The molecule has 0 fully saturated rings. The van der Waals surface area contributed by atoms with Gasteiger partial charge in [-0.1, -0.05) is 30.3 Å². The van der Waals surface area contributed by atoms with Crippen molar-refractivity contribution >= 4 is 22.4 Å². The summed E-state index contributed by atoms with van der Waals surface area (Å²) < 4.78 is 0. The van der Waals surface area contributed by atoms with E-state index >= 15 is 0 Å². The van der Waals surface area contributed by atoms with Crippen LogP contribution < -0.4 is 0 Å². The summed E-state index contributed by atoms with van der Waals surface area (Å²) in [5.41, 5.74) is 2.87. The van der Waals surface area contributed by atoms with E-state index in [-0.39, 0.29) is 5.24 Å². The molecule has 0 spiro atoms. The molecule has 0 saturated carbocycles. The van der Waals surface area contributed by atoms with E-state index in [1.807, 2.05) is 30.3 Å². The number of benzene rings is 1. The SMILES string of the molecule is O=C(Cl)C1=CCCc2ccccc21. The number of carbonyl (C=O) groups excluding carboxylic acids is 1. The standard InChI is InChI=1S/C11H9ClO/c12-11(13)10-7-3-5-8-4-1-2-6-9(8)10/h1-2,4,6-7H,3,5H2. The minimum Gasteiger partial charge on any atom is -0.276 e. The average molecular weight is 193 g/mol. The molecule has 0 saturated heterocycles. The van der Waals surface area contributed by atoms with Crippen LogP contribution in [0, 0.1) is 0 Å². The smallest absolute Gasteiger partial charge is 0.252 e. The van der Waals surface area contributed by atoms with Gasteiger partial charge in [0, 0.05) is 5.57 Å². The van der Waals surface area contributed by atoms with E-state index in [9.17, 15) is 4.79 Å². The van der Waals surface area contributed by atoms with Gasteiger partial charge in [0.1, 0.15) is 0 Å². The summed E-state index contributed by atoms with van der Waals surface area (Å²) in [5, 5.41) is -0.354. The molecule has 1 aromatic rings.